The van der Waals surface area contributed by atoms with E-state index in [1.807, 2.05) is 68.0 Å². The second-order valence-corrected chi connectivity index (χ2v) is 12.9. The SMILES string of the molecule is CCOC1OC(C(=O)NCCc2nc3ccc(C)cc3s2)=C[C@H](c2c(C)n(C)n(-c3ccccc3)c2=O)C1CCOCCOCCCO. The first-order valence-corrected chi connectivity index (χ1v) is 17.4. The number of fused-ring (bicyclic) bond motifs is 1. The molecule has 48 heavy (non-hydrogen) atoms. The number of thiazole rings is 1. The van der Waals surface area contributed by atoms with Crippen LogP contribution in [0.5, 0.6) is 0 Å². The van der Waals surface area contributed by atoms with Gasteiger partial charge in [-0.3, -0.25) is 14.3 Å². The van der Waals surface area contributed by atoms with Crippen LogP contribution in [0.1, 0.15) is 47.5 Å². The van der Waals surface area contributed by atoms with E-state index >= 15 is 0 Å². The molecule has 2 unspecified atom stereocenters. The zero-order valence-electron chi connectivity index (χ0n) is 28.1. The molecule has 2 aromatic carbocycles. The van der Waals surface area contributed by atoms with Crippen LogP contribution in [-0.4, -0.2) is 77.8 Å². The van der Waals surface area contributed by atoms with Gasteiger partial charge in [0.2, 0.25) is 6.29 Å². The molecule has 12 heteroatoms. The molecule has 0 spiro atoms. The molecule has 2 N–H and O–H groups in total. The summed E-state index contributed by atoms with van der Waals surface area (Å²) in [7, 11) is 1.86. The quantitative estimate of drug-likeness (QED) is 0.156. The minimum absolute atomic E-state index is 0.0873. The van der Waals surface area contributed by atoms with Crippen LogP contribution in [0.2, 0.25) is 0 Å². The first kappa shape index (κ1) is 35.5. The molecule has 4 aromatic rings. The van der Waals surface area contributed by atoms with E-state index in [0.29, 0.717) is 64.4 Å². The molecule has 5 rings (SSSR count). The van der Waals surface area contributed by atoms with Crippen LogP contribution in [-0.2, 0) is 37.2 Å². The number of carbonyl (C=O) groups excluding carboxylic acids is 1. The van der Waals surface area contributed by atoms with Gasteiger partial charge in [0.15, 0.2) is 5.76 Å². The maximum absolute atomic E-state index is 14.2. The number of benzene rings is 2. The van der Waals surface area contributed by atoms with Crippen LogP contribution in [0.25, 0.3) is 15.9 Å². The molecule has 0 bridgehead atoms. The van der Waals surface area contributed by atoms with Crippen molar-refractivity contribution in [2.45, 2.75) is 52.2 Å². The lowest BCUT2D eigenvalue weighted by Gasteiger charge is -2.36. The average molecular weight is 679 g/mol. The number of rotatable bonds is 17. The van der Waals surface area contributed by atoms with E-state index in [-0.39, 0.29) is 29.8 Å². The molecule has 0 saturated heterocycles. The van der Waals surface area contributed by atoms with Gasteiger partial charge in [0.25, 0.3) is 11.5 Å². The number of amides is 1. The Bertz CT molecular complexity index is 1750. The van der Waals surface area contributed by atoms with E-state index < -0.39 is 12.2 Å². The van der Waals surface area contributed by atoms with Gasteiger partial charge >= 0.3 is 0 Å². The van der Waals surface area contributed by atoms with Crippen LogP contribution in [0.15, 0.2) is 65.2 Å². The molecule has 0 aliphatic carbocycles. The van der Waals surface area contributed by atoms with Crippen molar-refractivity contribution in [1.82, 2.24) is 19.7 Å². The molecule has 1 aliphatic heterocycles. The van der Waals surface area contributed by atoms with Gasteiger partial charge in [-0.05, 0) is 69.5 Å². The highest BCUT2D eigenvalue weighted by molar-refractivity contribution is 7.18. The number of aryl methyl sites for hydroxylation is 1. The smallest absolute Gasteiger partial charge is 0.286 e. The van der Waals surface area contributed by atoms with E-state index in [9.17, 15) is 9.59 Å². The van der Waals surface area contributed by atoms with Crippen molar-refractivity contribution in [3.63, 3.8) is 0 Å². The van der Waals surface area contributed by atoms with Gasteiger partial charge in [-0.15, -0.1) is 11.3 Å². The Morgan fingerprint density at radius 2 is 1.85 bits per heavy atom. The van der Waals surface area contributed by atoms with E-state index in [1.165, 1.54) is 5.56 Å². The zero-order valence-corrected chi connectivity index (χ0v) is 29.0. The van der Waals surface area contributed by atoms with Crippen LogP contribution >= 0.6 is 11.3 Å². The Kier molecular flexibility index (Phi) is 12.6. The number of aliphatic hydroxyl groups is 1. The Labute approximate surface area is 285 Å². The van der Waals surface area contributed by atoms with Gasteiger partial charge in [0.05, 0.1) is 34.1 Å². The maximum atomic E-state index is 14.2. The number of allylic oxidation sites excluding steroid dienone is 1. The van der Waals surface area contributed by atoms with Gasteiger partial charge in [0, 0.05) is 69.5 Å². The van der Waals surface area contributed by atoms with Crippen LogP contribution < -0.4 is 10.9 Å². The fourth-order valence-corrected chi connectivity index (χ4v) is 7.07. The van der Waals surface area contributed by atoms with Crippen molar-refractivity contribution in [3.8, 4) is 5.69 Å². The summed E-state index contributed by atoms with van der Waals surface area (Å²) >= 11 is 1.63. The van der Waals surface area contributed by atoms with Crippen molar-refractivity contribution >= 4 is 27.5 Å². The molecule has 3 atom stereocenters. The highest BCUT2D eigenvalue weighted by Gasteiger charge is 2.41. The minimum atomic E-state index is -0.771. The second kappa shape index (κ2) is 17.0. The summed E-state index contributed by atoms with van der Waals surface area (Å²) in [5, 5.41) is 12.9. The summed E-state index contributed by atoms with van der Waals surface area (Å²) in [6.45, 7) is 8.36. The van der Waals surface area contributed by atoms with Crippen molar-refractivity contribution in [3.05, 3.63) is 92.5 Å². The first-order valence-electron chi connectivity index (χ1n) is 16.6. The minimum Gasteiger partial charge on any atom is -0.459 e. The van der Waals surface area contributed by atoms with Crippen molar-refractivity contribution in [1.29, 1.82) is 0 Å². The zero-order chi connectivity index (χ0) is 34.0. The Morgan fingerprint density at radius 3 is 2.60 bits per heavy atom. The molecule has 1 amide bonds. The molecular weight excluding hydrogens is 632 g/mol. The normalized spacial score (nSPS) is 17.8. The third-order valence-corrected chi connectivity index (χ3v) is 9.58. The number of ether oxygens (including phenoxy) is 4. The predicted molar refractivity (Wildman–Crippen MR) is 186 cm³/mol. The number of nitrogens with zero attached hydrogens (tertiary/aromatic N) is 3. The summed E-state index contributed by atoms with van der Waals surface area (Å²) in [5.74, 6) is -1.02. The molecule has 0 fully saturated rings. The van der Waals surface area contributed by atoms with E-state index in [4.69, 9.17) is 29.0 Å². The largest absolute Gasteiger partial charge is 0.459 e. The summed E-state index contributed by atoms with van der Waals surface area (Å²) in [6.07, 6.45) is 2.68. The van der Waals surface area contributed by atoms with Gasteiger partial charge < -0.3 is 29.4 Å². The van der Waals surface area contributed by atoms with E-state index in [0.717, 1.165) is 26.6 Å². The molecule has 11 nitrogen and oxygen atoms in total. The van der Waals surface area contributed by atoms with Crippen LogP contribution in [0.3, 0.4) is 0 Å². The van der Waals surface area contributed by atoms with Crippen LogP contribution in [0.4, 0.5) is 0 Å². The van der Waals surface area contributed by atoms with E-state index in [2.05, 4.69) is 18.3 Å². The number of carbonyl (C=O) groups is 1. The van der Waals surface area contributed by atoms with Gasteiger partial charge in [-0.1, -0.05) is 24.3 Å². The Hall–Kier alpha value is -3.81. The number of nitrogens with one attached hydrogen (secondary N) is 1. The summed E-state index contributed by atoms with van der Waals surface area (Å²) in [4.78, 5) is 32.5. The van der Waals surface area contributed by atoms with Gasteiger partial charge in [0.1, 0.15) is 0 Å². The third-order valence-electron chi connectivity index (χ3n) is 8.50. The maximum Gasteiger partial charge on any atom is 0.286 e. The van der Waals surface area contributed by atoms with Crippen LogP contribution in [0, 0.1) is 19.8 Å². The lowest BCUT2D eigenvalue weighted by atomic mass is 9.81. The van der Waals surface area contributed by atoms with Gasteiger partial charge in [-0.25, -0.2) is 9.67 Å². The first-order chi connectivity index (χ1) is 23.3. The Balaban J connectivity index is 1.38. The molecule has 0 radical (unpaired) electrons. The number of hydrogen-bond acceptors (Lipinski definition) is 9. The Morgan fingerprint density at radius 1 is 1.08 bits per heavy atom. The highest BCUT2D eigenvalue weighted by atomic mass is 32.1. The van der Waals surface area contributed by atoms with Crippen molar-refractivity contribution in [2.75, 3.05) is 46.2 Å². The standard InChI is InChI=1S/C36H46N4O7S/c1-5-46-36-27(15-19-45-21-20-44-18-9-17-41)28(33-25(3)39(4)40(35(33)43)26-10-7-6-8-11-26)23-30(47-36)34(42)37-16-14-32-38-29-13-12-24(2)22-31(29)48-32/h6-8,10-13,22-23,27-28,36,41H,5,9,14-21H2,1-4H3,(H,37,42)/t27?,28-,36?/m0/s1. The number of hydrogen-bond donors (Lipinski definition) is 2. The third kappa shape index (κ3) is 8.42. The van der Waals surface area contributed by atoms with E-state index in [1.54, 1.807) is 22.1 Å². The number of para-hydroxylation sites is 1. The molecule has 3 heterocycles. The predicted octanol–water partition coefficient (Wildman–Crippen LogP) is 4.54. The molecule has 0 saturated carbocycles. The number of aliphatic hydroxyl groups excluding tert-OH is 1. The number of aromatic nitrogens is 3. The fraction of sp³-hybridized carbons (Fsp3) is 0.472. The molecule has 1 aliphatic rings. The van der Waals surface area contributed by atoms with Gasteiger partial charge in [-0.2, -0.15) is 0 Å². The molecular formula is C36H46N4O7S. The van der Waals surface area contributed by atoms with Crippen molar-refractivity contribution in [2.24, 2.45) is 13.0 Å². The fourth-order valence-electron chi connectivity index (χ4n) is 6.01. The summed E-state index contributed by atoms with van der Waals surface area (Å²) in [5.41, 5.74) is 4.10. The average Bonchev–Trinajstić information content (AvgIpc) is 3.58. The summed E-state index contributed by atoms with van der Waals surface area (Å²) < 4.78 is 28.3. The summed E-state index contributed by atoms with van der Waals surface area (Å²) in [6, 6.07) is 15.7. The monoisotopic (exact) mass is 678 g/mol. The second-order valence-electron chi connectivity index (χ2n) is 11.8. The highest BCUT2D eigenvalue weighted by Crippen LogP contribution is 2.39. The topological polar surface area (TPSA) is 126 Å². The van der Waals surface area contributed by atoms with Crippen molar-refractivity contribution < 1.29 is 28.8 Å². The molecule has 2 aromatic heterocycles. The lowest BCUT2D eigenvalue weighted by Crippen LogP contribution is -2.41. The molecule has 258 valence electrons. The lowest BCUT2D eigenvalue weighted by molar-refractivity contribution is -0.168.